The van der Waals surface area contributed by atoms with E-state index in [4.69, 9.17) is 4.74 Å². The van der Waals surface area contributed by atoms with Crippen molar-refractivity contribution in [3.8, 4) is 0 Å². The molecule has 4 rings (SSSR count). The summed E-state index contributed by atoms with van der Waals surface area (Å²) in [6, 6.07) is 0. The summed E-state index contributed by atoms with van der Waals surface area (Å²) >= 11 is 0. The van der Waals surface area contributed by atoms with E-state index in [0.29, 0.717) is 17.6 Å². The SMILES string of the molecule is C[C@@H]1[C@@H]2O[C@@H]2[C@@H]2C[C@@H]1C2(C)C. The first kappa shape index (κ1) is 6.47. The molecule has 2 bridgehead atoms. The maximum absolute atomic E-state index is 5.68. The van der Waals surface area contributed by atoms with Crippen LogP contribution in [0.3, 0.4) is 0 Å². The molecule has 62 valence electrons. The smallest absolute Gasteiger partial charge is 0.0878 e. The van der Waals surface area contributed by atoms with E-state index in [1.54, 1.807) is 0 Å². The van der Waals surface area contributed by atoms with Gasteiger partial charge in [-0.15, -0.1) is 0 Å². The van der Waals surface area contributed by atoms with Crippen LogP contribution in [0.5, 0.6) is 0 Å². The van der Waals surface area contributed by atoms with Crippen LogP contribution in [0.2, 0.25) is 0 Å². The Balaban J connectivity index is 1.96. The van der Waals surface area contributed by atoms with E-state index in [1.807, 2.05) is 0 Å². The number of hydrogen-bond acceptors (Lipinski definition) is 1. The highest BCUT2D eigenvalue weighted by atomic mass is 16.6. The van der Waals surface area contributed by atoms with Crippen LogP contribution >= 0.6 is 0 Å². The molecule has 0 N–H and O–H groups in total. The van der Waals surface area contributed by atoms with Crippen LogP contribution in [0.25, 0.3) is 0 Å². The number of hydrogen-bond donors (Lipinski definition) is 0. The van der Waals surface area contributed by atoms with E-state index in [9.17, 15) is 0 Å². The molecule has 3 saturated carbocycles. The second-order valence-corrected chi connectivity index (χ2v) is 5.19. The summed E-state index contributed by atoms with van der Waals surface area (Å²) in [7, 11) is 0. The highest BCUT2D eigenvalue weighted by Gasteiger charge is 2.68. The van der Waals surface area contributed by atoms with E-state index in [2.05, 4.69) is 20.8 Å². The maximum atomic E-state index is 5.68. The van der Waals surface area contributed by atoms with Gasteiger partial charge in [0.25, 0.3) is 0 Å². The van der Waals surface area contributed by atoms with Crippen LogP contribution in [0.1, 0.15) is 27.2 Å². The monoisotopic (exact) mass is 152 g/mol. The van der Waals surface area contributed by atoms with Crippen molar-refractivity contribution in [3.63, 3.8) is 0 Å². The molecule has 1 heterocycles. The third-order valence-electron chi connectivity index (χ3n) is 4.53. The first-order chi connectivity index (χ1) is 5.12. The fraction of sp³-hybridized carbons (Fsp3) is 1.00. The van der Waals surface area contributed by atoms with E-state index in [1.165, 1.54) is 6.42 Å². The molecule has 0 spiro atoms. The molecule has 1 aliphatic heterocycles. The summed E-state index contributed by atoms with van der Waals surface area (Å²) in [5.41, 5.74) is 0.594. The minimum Gasteiger partial charge on any atom is -0.369 e. The highest BCUT2D eigenvalue weighted by Crippen LogP contribution is 2.67. The van der Waals surface area contributed by atoms with E-state index in [-0.39, 0.29) is 0 Å². The largest absolute Gasteiger partial charge is 0.369 e. The third kappa shape index (κ3) is 0.547. The summed E-state index contributed by atoms with van der Waals surface area (Å²) in [6.45, 7) is 7.20. The van der Waals surface area contributed by atoms with Crippen molar-refractivity contribution in [2.24, 2.45) is 23.2 Å². The Morgan fingerprint density at radius 2 is 1.91 bits per heavy atom. The molecule has 4 aliphatic rings. The Hall–Kier alpha value is -0.0400. The van der Waals surface area contributed by atoms with Crippen LogP contribution < -0.4 is 0 Å². The van der Waals surface area contributed by atoms with Gasteiger partial charge in [0, 0.05) is 0 Å². The van der Waals surface area contributed by atoms with Gasteiger partial charge in [-0.2, -0.15) is 0 Å². The van der Waals surface area contributed by atoms with Crippen molar-refractivity contribution in [1.82, 2.24) is 0 Å². The van der Waals surface area contributed by atoms with Crippen molar-refractivity contribution in [1.29, 1.82) is 0 Å². The van der Waals surface area contributed by atoms with Gasteiger partial charge in [0.2, 0.25) is 0 Å². The van der Waals surface area contributed by atoms with Crippen molar-refractivity contribution < 1.29 is 4.74 Å². The van der Waals surface area contributed by atoms with Gasteiger partial charge >= 0.3 is 0 Å². The predicted octanol–water partition coefficient (Wildman–Crippen LogP) is 2.07. The number of ether oxygens (including phenoxy) is 1. The van der Waals surface area contributed by atoms with E-state index >= 15 is 0 Å². The molecule has 3 aliphatic carbocycles. The van der Waals surface area contributed by atoms with Crippen molar-refractivity contribution in [2.45, 2.75) is 39.4 Å². The lowest BCUT2D eigenvalue weighted by Crippen LogP contribution is -2.55. The quantitative estimate of drug-likeness (QED) is 0.484. The zero-order valence-corrected chi connectivity index (χ0v) is 7.50. The standard InChI is InChI=1S/C10H16O/c1-5-6-4-7(10(6,2)3)9-8(5)11-9/h5-9H,4H2,1-3H3/t5-,6-,7-,8-,9+/m0/s1. The molecule has 1 heteroatoms. The summed E-state index contributed by atoms with van der Waals surface area (Å²) in [5, 5.41) is 0. The lowest BCUT2D eigenvalue weighted by Gasteiger charge is -2.57. The van der Waals surface area contributed by atoms with Gasteiger partial charge in [0.05, 0.1) is 12.2 Å². The minimum absolute atomic E-state index is 0.594. The number of rotatable bonds is 0. The lowest BCUT2D eigenvalue weighted by molar-refractivity contribution is -0.0801. The topological polar surface area (TPSA) is 12.5 Å². The third-order valence-corrected chi connectivity index (χ3v) is 4.53. The average molecular weight is 152 g/mol. The van der Waals surface area contributed by atoms with Gasteiger partial charge in [0.1, 0.15) is 0 Å². The van der Waals surface area contributed by atoms with Crippen LogP contribution in [0.4, 0.5) is 0 Å². The molecule has 4 fully saturated rings. The zero-order valence-electron chi connectivity index (χ0n) is 7.50. The Kier molecular flexibility index (Phi) is 0.893. The van der Waals surface area contributed by atoms with Gasteiger partial charge in [-0.3, -0.25) is 0 Å². The van der Waals surface area contributed by atoms with Gasteiger partial charge in [-0.05, 0) is 29.6 Å². The van der Waals surface area contributed by atoms with Gasteiger partial charge < -0.3 is 4.74 Å². The highest BCUT2D eigenvalue weighted by molar-refractivity contribution is 5.15. The Morgan fingerprint density at radius 3 is 2.45 bits per heavy atom. The first-order valence-electron chi connectivity index (χ1n) is 4.78. The molecule has 0 radical (unpaired) electrons. The molecule has 0 aromatic rings. The first-order valence-corrected chi connectivity index (χ1v) is 4.78. The van der Waals surface area contributed by atoms with Gasteiger partial charge in [0.15, 0.2) is 0 Å². The van der Waals surface area contributed by atoms with Crippen LogP contribution in [-0.2, 0) is 4.74 Å². The van der Waals surface area contributed by atoms with Crippen molar-refractivity contribution in [3.05, 3.63) is 0 Å². The Labute approximate surface area is 68.1 Å². The average Bonchev–Trinajstić information content (AvgIpc) is 2.65. The van der Waals surface area contributed by atoms with Gasteiger partial charge in [-0.25, -0.2) is 0 Å². The Morgan fingerprint density at radius 1 is 1.18 bits per heavy atom. The normalized spacial score (nSPS) is 63.0. The molecule has 11 heavy (non-hydrogen) atoms. The minimum atomic E-state index is 0.594. The summed E-state index contributed by atoms with van der Waals surface area (Å²) in [4.78, 5) is 0. The molecular weight excluding hydrogens is 136 g/mol. The molecule has 0 amide bonds. The molecule has 1 nitrogen and oxygen atoms in total. The second kappa shape index (κ2) is 1.52. The second-order valence-electron chi connectivity index (χ2n) is 5.19. The summed E-state index contributed by atoms with van der Waals surface area (Å²) < 4.78 is 5.68. The lowest BCUT2D eigenvalue weighted by atomic mass is 9.46. The fourth-order valence-electron chi connectivity index (χ4n) is 3.56. The van der Waals surface area contributed by atoms with Gasteiger partial charge in [-0.1, -0.05) is 20.8 Å². The maximum Gasteiger partial charge on any atom is 0.0878 e. The molecule has 5 atom stereocenters. The van der Waals surface area contributed by atoms with E-state index in [0.717, 1.165) is 17.8 Å². The van der Waals surface area contributed by atoms with Crippen LogP contribution in [0.15, 0.2) is 0 Å². The molecule has 0 unspecified atom stereocenters. The van der Waals surface area contributed by atoms with Crippen molar-refractivity contribution in [2.75, 3.05) is 0 Å². The summed E-state index contributed by atoms with van der Waals surface area (Å²) in [6.07, 6.45) is 2.76. The molecule has 0 aromatic heterocycles. The Bertz CT molecular complexity index is 209. The summed E-state index contributed by atoms with van der Waals surface area (Å²) in [5.74, 6) is 2.69. The number of epoxide rings is 1. The van der Waals surface area contributed by atoms with Crippen LogP contribution in [0, 0.1) is 23.2 Å². The molecular formula is C10H16O. The predicted molar refractivity (Wildman–Crippen MR) is 43.2 cm³/mol. The zero-order chi connectivity index (χ0) is 7.80. The molecule has 1 saturated heterocycles. The van der Waals surface area contributed by atoms with Crippen LogP contribution in [-0.4, -0.2) is 12.2 Å². The van der Waals surface area contributed by atoms with E-state index < -0.39 is 0 Å². The molecule has 0 aromatic carbocycles. The fourth-order valence-corrected chi connectivity index (χ4v) is 3.56. The van der Waals surface area contributed by atoms with Crippen molar-refractivity contribution >= 4 is 0 Å².